The van der Waals surface area contributed by atoms with Gasteiger partial charge in [-0.15, -0.1) is 0 Å². The normalized spacial score (nSPS) is 9.94. The van der Waals surface area contributed by atoms with Crippen LogP contribution < -0.4 is 5.32 Å². The minimum absolute atomic E-state index is 0.581. The van der Waals surface area contributed by atoms with Crippen molar-refractivity contribution >= 4 is 6.41 Å². The quantitative estimate of drug-likeness (QED) is 0.796. The van der Waals surface area contributed by atoms with Gasteiger partial charge in [-0.25, -0.2) is 0 Å². The second-order valence-corrected chi connectivity index (χ2v) is 4.01. The number of benzene rings is 2. The SMILES string of the molecule is Cc1ccccc1-c1ccc(CNC=O)cc1. The molecule has 0 saturated heterocycles. The number of aryl methyl sites for hydroxylation is 1. The average molecular weight is 225 g/mol. The van der Waals surface area contributed by atoms with Crippen molar-refractivity contribution in [2.24, 2.45) is 0 Å². The highest BCUT2D eigenvalue weighted by Crippen LogP contribution is 2.23. The molecular weight excluding hydrogens is 210 g/mol. The standard InChI is InChI=1S/C15H15NO/c1-12-4-2-3-5-15(12)14-8-6-13(7-9-14)10-16-11-17/h2-9,11H,10H2,1H3,(H,16,17). The molecule has 2 nitrogen and oxygen atoms in total. The number of hydrogen-bond donors (Lipinski definition) is 1. The van der Waals surface area contributed by atoms with Crippen molar-refractivity contribution in [1.29, 1.82) is 0 Å². The topological polar surface area (TPSA) is 29.1 Å². The van der Waals surface area contributed by atoms with Crippen molar-refractivity contribution < 1.29 is 4.79 Å². The van der Waals surface area contributed by atoms with Crippen molar-refractivity contribution in [2.45, 2.75) is 13.5 Å². The predicted octanol–water partition coefficient (Wildman–Crippen LogP) is 2.91. The van der Waals surface area contributed by atoms with Crippen LogP contribution in [0.2, 0.25) is 0 Å². The van der Waals surface area contributed by atoms with Crippen LogP contribution in [0.25, 0.3) is 11.1 Å². The van der Waals surface area contributed by atoms with Gasteiger partial charge in [-0.3, -0.25) is 4.79 Å². The summed E-state index contributed by atoms with van der Waals surface area (Å²) in [5, 5.41) is 2.65. The summed E-state index contributed by atoms with van der Waals surface area (Å²) >= 11 is 0. The minimum atomic E-state index is 0.581. The Balaban J connectivity index is 2.23. The third-order valence-electron chi connectivity index (χ3n) is 2.80. The van der Waals surface area contributed by atoms with Crippen LogP contribution in [0.15, 0.2) is 48.5 Å². The highest BCUT2D eigenvalue weighted by Gasteiger charge is 2.00. The molecule has 2 aromatic carbocycles. The Morgan fingerprint density at radius 2 is 1.76 bits per heavy atom. The summed E-state index contributed by atoms with van der Waals surface area (Å²) in [6.45, 7) is 2.69. The van der Waals surface area contributed by atoms with E-state index in [9.17, 15) is 4.79 Å². The van der Waals surface area contributed by atoms with Gasteiger partial charge in [0.15, 0.2) is 0 Å². The first-order valence-corrected chi connectivity index (χ1v) is 5.63. The highest BCUT2D eigenvalue weighted by atomic mass is 16.1. The van der Waals surface area contributed by atoms with E-state index in [1.54, 1.807) is 0 Å². The summed E-state index contributed by atoms with van der Waals surface area (Å²) in [7, 11) is 0. The minimum Gasteiger partial charge on any atom is -0.355 e. The van der Waals surface area contributed by atoms with Gasteiger partial charge in [-0.2, -0.15) is 0 Å². The van der Waals surface area contributed by atoms with E-state index in [0.717, 1.165) is 12.0 Å². The van der Waals surface area contributed by atoms with Gasteiger partial charge in [0.05, 0.1) is 0 Å². The number of carbonyl (C=O) groups is 1. The third-order valence-corrected chi connectivity index (χ3v) is 2.80. The Morgan fingerprint density at radius 1 is 1.06 bits per heavy atom. The fourth-order valence-electron chi connectivity index (χ4n) is 1.86. The molecule has 1 N–H and O–H groups in total. The van der Waals surface area contributed by atoms with Gasteiger partial charge in [0.25, 0.3) is 0 Å². The summed E-state index contributed by atoms with van der Waals surface area (Å²) in [5.74, 6) is 0. The molecule has 1 amide bonds. The molecule has 0 spiro atoms. The third kappa shape index (κ3) is 2.72. The Hall–Kier alpha value is -2.09. The molecule has 0 saturated carbocycles. The molecule has 0 bridgehead atoms. The lowest BCUT2D eigenvalue weighted by molar-refractivity contribution is -0.109. The fourth-order valence-corrected chi connectivity index (χ4v) is 1.86. The van der Waals surface area contributed by atoms with Gasteiger partial charge >= 0.3 is 0 Å². The van der Waals surface area contributed by atoms with Gasteiger partial charge in [0.1, 0.15) is 0 Å². The van der Waals surface area contributed by atoms with Crippen LogP contribution >= 0.6 is 0 Å². The Bertz CT molecular complexity index is 503. The first-order chi connectivity index (χ1) is 8.31. The molecule has 0 aliphatic carbocycles. The summed E-state index contributed by atoms with van der Waals surface area (Å²) in [6.07, 6.45) is 0.718. The number of amides is 1. The maximum Gasteiger partial charge on any atom is 0.207 e. The summed E-state index contributed by atoms with van der Waals surface area (Å²) < 4.78 is 0. The molecule has 2 rings (SSSR count). The van der Waals surface area contributed by atoms with E-state index in [0.29, 0.717) is 6.54 Å². The van der Waals surface area contributed by atoms with E-state index in [1.165, 1.54) is 16.7 Å². The maximum absolute atomic E-state index is 10.2. The van der Waals surface area contributed by atoms with Crippen molar-refractivity contribution in [1.82, 2.24) is 5.32 Å². The van der Waals surface area contributed by atoms with E-state index in [-0.39, 0.29) is 0 Å². The summed E-state index contributed by atoms with van der Waals surface area (Å²) in [5.41, 5.74) is 4.83. The number of hydrogen-bond acceptors (Lipinski definition) is 1. The molecule has 0 radical (unpaired) electrons. The van der Waals surface area contributed by atoms with Crippen molar-refractivity contribution in [2.75, 3.05) is 0 Å². The molecule has 0 fully saturated rings. The average Bonchev–Trinajstić information content (AvgIpc) is 2.38. The Morgan fingerprint density at radius 3 is 2.41 bits per heavy atom. The van der Waals surface area contributed by atoms with Crippen LogP contribution in [0.3, 0.4) is 0 Å². The second-order valence-electron chi connectivity index (χ2n) is 4.01. The zero-order chi connectivity index (χ0) is 12.1. The van der Waals surface area contributed by atoms with Crippen molar-refractivity contribution in [3.8, 4) is 11.1 Å². The van der Waals surface area contributed by atoms with Crippen LogP contribution in [-0.4, -0.2) is 6.41 Å². The van der Waals surface area contributed by atoms with Gasteiger partial charge in [-0.1, -0.05) is 48.5 Å². The monoisotopic (exact) mass is 225 g/mol. The van der Waals surface area contributed by atoms with Crippen LogP contribution in [0.5, 0.6) is 0 Å². The smallest absolute Gasteiger partial charge is 0.207 e. The highest BCUT2D eigenvalue weighted by molar-refractivity contribution is 5.67. The van der Waals surface area contributed by atoms with Gasteiger partial charge < -0.3 is 5.32 Å². The predicted molar refractivity (Wildman–Crippen MR) is 69.5 cm³/mol. The number of carbonyl (C=O) groups excluding carboxylic acids is 1. The van der Waals surface area contributed by atoms with Crippen molar-refractivity contribution in [3.63, 3.8) is 0 Å². The summed E-state index contributed by atoms with van der Waals surface area (Å²) in [6, 6.07) is 16.6. The van der Waals surface area contributed by atoms with Crippen LogP contribution in [0.4, 0.5) is 0 Å². The first-order valence-electron chi connectivity index (χ1n) is 5.63. The van der Waals surface area contributed by atoms with Crippen LogP contribution in [0, 0.1) is 6.92 Å². The molecule has 2 aromatic rings. The fraction of sp³-hybridized carbons (Fsp3) is 0.133. The Labute approximate surface area is 101 Å². The van der Waals surface area contributed by atoms with E-state index in [4.69, 9.17) is 0 Å². The van der Waals surface area contributed by atoms with Crippen LogP contribution in [0.1, 0.15) is 11.1 Å². The van der Waals surface area contributed by atoms with Crippen molar-refractivity contribution in [3.05, 3.63) is 59.7 Å². The zero-order valence-corrected chi connectivity index (χ0v) is 9.81. The number of rotatable bonds is 4. The van der Waals surface area contributed by atoms with E-state index < -0.39 is 0 Å². The second kappa shape index (κ2) is 5.30. The largest absolute Gasteiger partial charge is 0.355 e. The molecule has 0 unspecified atom stereocenters. The number of nitrogens with one attached hydrogen (secondary N) is 1. The summed E-state index contributed by atoms with van der Waals surface area (Å²) in [4.78, 5) is 10.2. The van der Waals surface area contributed by atoms with Gasteiger partial charge in [-0.05, 0) is 29.2 Å². The maximum atomic E-state index is 10.2. The van der Waals surface area contributed by atoms with E-state index >= 15 is 0 Å². The molecule has 0 aliphatic rings. The first kappa shape index (κ1) is 11.4. The molecule has 0 aromatic heterocycles. The molecule has 17 heavy (non-hydrogen) atoms. The lowest BCUT2D eigenvalue weighted by Crippen LogP contribution is -2.09. The van der Waals surface area contributed by atoms with E-state index in [2.05, 4.69) is 36.5 Å². The molecule has 86 valence electrons. The van der Waals surface area contributed by atoms with Gasteiger partial charge in [0.2, 0.25) is 6.41 Å². The Kier molecular flexibility index (Phi) is 3.55. The molecule has 0 aliphatic heterocycles. The van der Waals surface area contributed by atoms with Crippen LogP contribution in [-0.2, 0) is 11.3 Å². The molecule has 0 atom stereocenters. The molecular formula is C15H15NO. The lowest BCUT2D eigenvalue weighted by atomic mass is 10.00. The molecule has 2 heteroatoms. The van der Waals surface area contributed by atoms with E-state index in [1.807, 2.05) is 24.3 Å². The van der Waals surface area contributed by atoms with Gasteiger partial charge in [0, 0.05) is 6.54 Å². The lowest BCUT2D eigenvalue weighted by Gasteiger charge is -2.07. The molecule has 0 heterocycles. The zero-order valence-electron chi connectivity index (χ0n) is 9.81.